The lowest BCUT2D eigenvalue weighted by molar-refractivity contribution is -0.282. The molecule has 0 aromatic carbocycles. The molecule has 9 atom stereocenters. The average Bonchev–Trinajstić information content (AvgIpc) is 3.67. The fraction of sp³-hybridized carbons (Fsp3) is 0.710. The lowest BCUT2D eigenvalue weighted by atomic mass is 9.85. The number of aliphatic hydroxyl groups excluding tert-OH is 1. The fourth-order valence-corrected chi connectivity index (χ4v) is 5.51. The molecule has 11 nitrogen and oxygen atoms in total. The molecule has 3 rings (SSSR count). The number of nitrogens with one attached hydrogen (secondary N) is 2. The van der Waals surface area contributed by atoms with Crippen molar-refractivity contribution in [1.82, 2.24) is 10.6 Å². The highest BCUT2D eigenvalue weighted by molar-refractivity contribution is 5.87. The number of rotatable bonds is 12. The van der Waals surface area contributed by atoms with Gasteiger partial charge in [-0.3, -0.25) is 14.4 Å². The van der Waals surface area contributed by atoms with Crippen LogP contribution in [0, 0.1) is 5.92 Å². The van der Waals surface area contributed by atoms with Gasteiger partial charge in [0.25, 0.3) is 0 Å². The zero-order valence-corrected chi connectivity index (χ0v) is 25.6. The molecule has 3 aliphatic heterocycles. The van der Waals surface area contributed by atoms with Gasteiger partial charge in [-0.25, -0.2) is 0 Å². The zero-order valence-electron chi connectivity index (χ0n) is 25.6. The Bertz CT molecular complexity index is 1050. The summed E-state index contributed by atoms with van der Waals surface area (Å²) in [6.45, 7) is 11.7. The van der Waals surface area contributed by atoms with Crippen molar-refractivity contribution in [1.29, 1.82) is 0 Å². The van der Waals surface area contributed by atoms with Crippen molar-refractivity contribution in [2.45, 2.75) is 122 Å². The number of amides is 2. The first-order valence-electron chi connectivity index (χ1n) is 14.9. The number of epoxide rings is 1. The number of hydrogen-bond donors (Lipinski definition) is 4. The quantitative estimate of drug-likeness (QED) is 0.115. The number of hydrogen-bond acceptors (Lipinski definition) is 9. The van der Waals surface area contributed by atoms with Crippen LogP contribution in [0.5, 0.6) is 0 Å². The minimum absolute atomic E-state index is 0.0279. The van der Waals surface area contributed by atoms with E-state index in [9.17, 15) is 24.6 Å². The smallest absolute Gasteiger partial charge is 0.303 e. The predicted molar refractivity (Wildman–Crippen MR) is 155 cm³/mol. The second-order valence-electron chi connectivity index (χ2n) is 12.0. The van der Waals surface area contributed by atoms with Gasteiger partial charge in [-0.15, -0.1) is 0 Å². The summed E-state index contributed by atoms with van der Waals surface area (Å²) >= 11 is 0. The van der Waals surface area contributed by atoms with Crippen LogP contribution in [0.1, 0.15) is 73.6 Å². The highest BCUT2D eigenvalue weighted by atomic mass is 16.7. The molecule has 0 saturated carbocycles. The Kier molecular flexibility index (Phi) is 11.9. The largest absolute Gasteiger partial charge is 0.459 e. The van der Waals surface area contributed by atoms with Crippen LogP contribution in [0.2, 0.25) is 0 Å². The molecule has 11 heteroatoms. The first kappa shape index (κ1) is 33.9. The van der Waals surface area contributed by atoms with E-state index in [4.69, 9.17) is 18.9 Å². The van der Waals surface area contributed by atoms with Gasteiger partial charge in [0.1, 0.15) is 23.9 Å². The van der Waals surface area contributed by atoms with Crippen molar-refractivity contribution in [3.05, 3.63) is 36.0 Å². The second-order valence-corrected chi connectivity index (χ2v) is 12.0. The van der Waals surface area contributed by atoms with E-state index >= 15 is 0 Å². The van der Waals surface area contributed by atoms with E-state index in [1.54, 1.807) is 13.0 Å². The molecule has 0 bridgehead atoms. The number of carbonyl (C=O) groups is 3. The van der Waals surface area contributed by atoms with Gasteiger partial charge < -0.3 is 39.8 Å². The molecule has 3 aliphatic rings. The molecule has 3 heterocycles. The Morgan fingerprint density at radius 3 is 2.55 bits per heavy atom. The van der Waals surface area contributed by atoms with Gasteiger partial charge in [0.05, 0.1) is 31.3 Å². The summed E-state index contributed by atoms with van der Waals surface area (Å²) in [5.74, 6) is -2.52. The maximum atomic E-state index is 12.4. The fourth-order valence-electron chi connectivity index (χ4n) is 5.51. The van der Waals surface area contributed by atoms with E-state index in [1.807, 2.05) is 32.9 Å². The van der Waals surface area contributed by atoms with Crippen LogP contribution in [0.4, 0.5) is 0 Å². The Balaban J connectivity index is 1.53. The summed E-state index contributed by atoms with van der Waals surface area (Å²) in [6.07, 6.45) is 7.96. The molecule has 0 aliphatic carbocycles. The summed E-state index contributed by atoms with van der Waals surface area (Å²) in [4.78, 5) is 35.7. The summed E-state index contributed by atoms with van der Waals surface area (Å²) in [6, 6.07) is -0.146. The lowest BCUT2D eigenvalue weighted by Crippen LogP contribution is -2.57. The summed E-state index contributed by atoms with van der Waals surface area (Å²) in [5.41, 5.74) is 0.0198. The minimum Gasteiger partial charge on any atom is -0.459 e. The first-order chi connectivity index (χ1) is 19.8. The van der Waals surface area contributed by atoms with E-state index < -0.39 is 35.7 Å². The molecule has 3 saturated heterocycles. The van der Waals surface area contributed by atoms with E-state index in [0.717, 1.165) is 18.4 Å². The van der Waals surface area contributed by atoms with Crippen molar-refractivity contribution >= 4 is 17.8 Å². The molecule has 4 N–H and O–H groups in total. The third-order valence-electron chi connectivity index (χ3n) is 7.94. The molecule has 3 fully saturated rings. The third kappa shape index (κ3) is 9.74. The van der Waals surface area contributed by atoms with Gasteiger partial charge in [-0.05, 0) is 52.0 Å². The lowest BCUT2D eigenvalue weighted by Gasteiger charge is -2.42. The normalized spacial score (nSPS) is 35.8. The molecule has 0 unspecified atom stereocenters. The molecular weight excluding hydrogens is 544 g/mol. The summed E-state index contributed by atoms with van der Waals surface area (Å²) in [7, 11) is 0. The number of carbonyl (C=O) groups excluding carboxylic acids is 3. The summed E-state index contributed by atoms with van der Waals surface area (Å²) < 4.78 is 22.6. The van der Waals surface area contributed by atoms with E-state index in [-0.39, 0.29) is 48.8 Å². The number of ether oxygens (including phenoxy) is 4. The van der Waals surface area contributed by atoms with Crippen LogP contribution >= 0.6 is 0 Å². The van der Waals surface area contributed by atoms with Crippen LogP contribution in [0.25, 0.3) is 0 Å². The molecule has 0 aromatic heterocycles. The van der Waals surface area contributed by atoms with Crippen LogP contribution in [0.15, 0.2) is 36.0 Å². The summed E-state index contributed by atoms with van der Waals surface area (Å²) in [5, 5.41) is 27.7. The maximum absolute atomic E-state index is 12.4. The van der Waals surface area contributed by atoms with Crippen molar-refractivity contribution in [2.24, 2.45) is 5.92 Å². The van der Waals surface area contributed by atoms with Crippen LogP contribution in [0.3, 0.4) is 0 Å². The minimum atomic E-state index is -1.73. The Labute approximate surface area is 248 Å². The van der Waals surface area contributed by atoms with Crippen molar-refractivity contribution in [3.8, 4) is 0 Å². The van der Waals surface area contributed by atoms with Crippen LogP contribution in [-0.4, -0.2) is 89.1 Å². The van der Waals surface area contributed by atoms with Gasteiger partial charge in [-0.1, -0.05) is 37.6 Å². The van der Waals surface area contributed by atoms with E-state index in [0.29, 0.717) is 19.6 Å². The number of aliphatic hydroxyl groups is 2. The molecule has 0 radical (unpaired) electrons. The Morgan fingerprint density at radius 2 is 1.90 bits per heavy atom. The topological polar surface area (TPSA) is 156 Å². The van der Waals surface area contributed by atoms with Crippen molar-refractivity contribution < 1.29 is 43.5 Å². The zero-order chi connectivity index (χ0) is 31.1. The van der Waals surface area contributed by atoms with Gasteiger partial charge in [0.2, 0.25) is 11.8 Å². The maximum Gasteiger partial charge on any atom is 0.303 e. The Morgan fingerprint density at radius 1 is 1.19 bits per heavy atom. The Hall–Kier alpha value is -2.57. The molecule has 236 valence electrons. The molecule has 2 amide bonds. The van der Waals surface area contributed by atoms with Crippen LogP contribution in [-0.2, 0) is 33.3 Å². The highest BCUT2D eigenvalue weighted by Crippen LogP contribution is 2.47. The molecule has 0 aromatic rings. The molecule has 1 spiro atoms. The second kappa shape index (κ2) is 14.7. The monoisotopic (exact) mass is 592 g/mol. The number of esters is 1. The highest BCUT2D eigenvalue weighted by Gasteiger charge is 2.62. The molecular formula is C31H48N2O9. The standard InChI is InChI=1S/C31H48N2O9/c1-7-14-32-28(36)16-31(38)17-30(18-39-30)29(37)26(42-31)12-9-19(2)8-11-25-20(3)15-24(22(5)41-25)33-27(35)13-10-21(4)40-23(6)34/h8-10,12-13,20-22,24-26,29,37-38H,7,11,14-18H2,1-6H3,(H,32,36)(H,33,35)/b12-9+,13-10-,19-8+/t20-,21-,22+,24+,25-,26+,29+,30+,31+/m0/s1. The van der Waals surface area contributed by atoms with E-state index in [1.165, 1.54) is 19.1 Å². The van der Waals surface area contributed by atoms with Gasteiger partial charge in [0.15, 0.2) is 5.79 Å². The molecule has 42 heavy (non-hydrogen) atoms. The van der Waals surface area contributed by atoms with Crippen molar-refractivity contribution in [3.63, 3.8) is 0 Å². The first-order valence-corrected chi connectivity index (χ1v) is 14.9. The van der Waals surface area contributed by atoms with E-state index in [2.05, 4.69) is 17.6 Å². The SMILES string of the molecule is CCCNC(=O)C[C@]1(O)C[C@@]2(CO2)[C@H](O)[C@@H](/C=C/C(C)=C/C[C@@H]2O[C@H](C)[C@H](NC(=O)/C=C\[C@H](C)OC(C)=O)C[C@@H]2C)O1. The van der Waals surface area contributed by atoms with Gasteiger partial charge in [-0.2, -0.15) is 0 Å². The van der Waals surface area contributed by atoms with Crippen molar-refractivity contribution in [2.75, 3.05) is 13.2 Å². The third-order valence-corrected chi connectivity index (χ3v) is 7.94. The van der Waals surface area contributed by atoms with Gasteiger partial charge in [0, 0.05) is 26.0 Å². The average molecular weight is 593 g/mol. The number of allylic oxidation sites excluding steroid dienone is 2. The van der Waals surface area contributed by atoms with Gasteiger partial charge >= 0.3 is 5.97 Å². The van der Waals surface area contributed by atoms with Crippen LogP contribution < -0.4 is 10.6 Å². The predicted octanol–water partition coefficient (Wildman–Crippen LogP) is 2.21.